The van der Waals surface area contributed by atoms with E-state index < -0.39 is 6.04 Å². The zero-order chi connectivity index (χ0) is 18.8. The standard InChI is InChI=1S/C18H25N5O3/c1-11-12-6-4-5-7-13(12)21-15(20-11)8-9-19-16(24)10-14-17(25)23(3)18(26)22(14)2/h14H,4-10H2,1-3H3,(H,19,24)/t14-/m1/s1. The third kappa shape index (κ3) is 3.54. The molecule has 0 saturated carbocycles. The molecule has 140 valence electrons. The fourth-order valence-electron chi connectivity index (χ4n) is 3.60. The highest BCUT2D eigenvalue weighted by Crippen LogP contribution is 2.21. The van der Waals surface area contributed by atoms with Crippen molar-refractivity contribution in [2.24, 2.45) is 0 Å². The Labute approximate surface area is 153 Å². The van der Waals surface area contributed by atoms with E-state index in [-0.39, 0.29) is 24.3 Å². The minimum absolute atomic E-state index is 0.0323. The number of amides is 4. The molecule has 1 fully saturated rings. The van der Waals surface area contributed by atoms with Gasteiger partial charge in [-0.15, -0.1) is 0 Å². The highest BCUT2D eigenvalue weighted by atomic mass is 16.2. The monoisotopic (exact) mass is 359 g/mol. The van der Waals surface area contributed by atoms with E-state index in [1.165, 1.54) is 31.0 Å². The van der Waals surface area contributed by atoms with Gasteiger partial charge in [0.1, 0.15) is 11.9 Å². The van der Waals surface area contributed by atoms with Gasteiger partial charge in [-0.2, -0.15) is 0 Å². The first-order valence-electron chi connectivity index (χ1n) is 9.04. The van der Waals surface area contributed by atoms with Crippen LogP contribution in [0.25, 0.3) is 0 Å². The van der Waals surface area contributed by atoms with Crippen LogP contribution in [0.4, 0.5) is 4.79 Å². The number of hydrogen-bond donors (Lipinski definition) is 1. The third-order valence-electron chi connectivity index (χ3n) is 5.16. The average molecular weight is 359 g/mol. The number of urea groups is 1. The number of nitrogens with zero attached hydrogens (tertiary/aromatic N) is 4. The molecule has 4 amide bonds. The van der Waals surface area contributed by atoms with Gasteiger partial charge < -0.3 is 10.2 Å². The number of hydrogen-bond acceptors (Lipinski definition) is 5. The molecule has 26 heavy (non-hydrogen) atoms. The minimum Gasteiger partial charge on any atom is -0.356 e. The summed E-state index contributed by atoms with van der Waals surface area (Å²) < 4.78 is 0. The van der Waals surface area contributed by atoms with Gasteiger partial charge in [-0.05, 0) is 38.2 Å². The van der Waals surface area contributed by atoms with E-state index in [1.807, 2.05) is 6.92 Å². The zero-order valence-electron chi connectivity index (χ0n) is 15.5. The Kier molecular flexibility index (Phi) is 5.20. The summed E-state index contributed by atoms with van der Waals surface area (Å²) >= 11 is 0. The van der Waals surface area contributed by atoms with Crippen molar-refractivity contribution in [3.8, 4) is 0 Å². The minimum atomic E-state index is -0.727. The summed E-state index contributed by atoms with van der Waals surface area (Å²) in [6, 6.07) is -1.11. The first-order chi connectivity index (χ1) is 12.4. The van der Waals surface area contributed by atoms with Crippen LogP contribution < -0.4 is 5.32 Å². The van der Waals surface area contributed by atoms with Crippen molar-refractivity contribution in [2.75, 3.05) is 20.6 Å². The maximum Gasteiger partial charge on any atom is 0.326 e. The predicted octanol–water partition coefficient (Wildman–Crippen LogP) is 0.605. The van der Waals surface area contributed by atoms with Gasteiger partial charge in [0, 0.05) is 38.4 Å². The Morgan fingerprint density at radius 1 is 1.19 bits per heavy atom. The summed E-state index contributed by atoms with van der Waals surface area (Å²) in [6.07, 6.45) is 4.92. The quantitative estimate of drug-likeness (QED) is 0.777. The van der Waals surface area contributed by atoms with Crippen molar-refractivity contribution >= 4 is 17.8 Å². The summed E-state index contributed by atoms with van der Waals surface area (Å²) in [5, 5.41) is 2.80. The van der Waals surface area contributed by atoms with Crippen LogP contribution in [-0.2, 0) is 28.9 Å². The van der Waals surface area contributed by atoms with Crippen LogP contribution in [-0.4, -0.2) is 64.3 Å². The fourth-order valence-corrected chi connectivity index (χ4v) is 3.60. The number of carbonyl (C=O) groups excluding carboxylic acids is 3. The first kappa shape index (κ1) is 18.3. The second-order valence-electron chi connectivity index (χ2n) is 6.97. The van der Waals surface area contributed by atoms with Gasteiger partial charge in [-0.3, -0.25) is 14.5 Å². The molecule has 1 aromatic rings. The Hall–Kier alpha value is -2.51. The molecule has 8 nitrogen and oxygen atoms in total. The molecule has 0 aromatic carbocycles. The molecule has 3 rings (SSSR count). The summed E-state index contributed by atoms with van der Waals surface area (Å²) in [5.74, 6) is 0.140. The molecule has 1 aliphatic carbocycles. The van der Waals surface area contributed by atoms with Crippen molar-refractivity contribution in [3.05, 3.63) is 22.8 Å². The lowest BCUT2D eigenvalue weighted by atomic mass is 9.95. The molecule has 1 aliphatic heterocycles. The van der Waals surface area contributed by atoms with E-state index in [4.69, 9.17) is 0 Å². The number of fused-ring (bicyclic) bond motifs is 1. The first-order valence-corrected chi connectivity index (χ1v) is 9.04. The van der Waals surface area contributed by atoms with Gasteiger partial charge in [-0.1, -0.05) is 0 Å². The number of rotatable bonds is 5. The summed E-state index contributed by atoms with van der Waals surface area (Å²) in [6.45, 7) is 2.43. The van der Waals surface area contributed by atoms with E-state index in [9.17, 15) is 14.4 Å². The van der Waals surface area contributed by atoms with Crippen molar-refractivity contribution in [3.63, 3.8) is 0 Å². The second-order valence-corrected chi connectivity index (χ2v) is 6.97. The van der Waals surface area contributed by atoms with Crippen molar-refractivity contribution < 1.29 is 14.4 Å². The third-order valence-corrected chi connectivity index (χ3v) is 5.16. The lowest BCUT2D eigenvalue weighted by Gasteiger charge is -2.18. The predicted molar refractivity (Wildman–Crippen MR) is 94.5 cm³/mol. The number of imide groups is 1. The zero-order valence-corrected chi connectivity index (χ0v) is 15.5. The Morgan fingerprint density at radius 2 is 1.92 bits per heavy atom. The van der Waals surface area contributed by atoms with Crippen LogP contribution in [0.1, 0.15) is 42.0 Å². The highest BCUT2D eigenvalue weighted by Gasteiger charge is 2.41. The lowest BCUT2D eigenvalue weighted by Crippen LogP contribution is -2.38. The number of aromatic nitrogens is 2. The Balaban J connectivity index is 1.52. The maximum atomic E-state index is 12.1. The molecule has 2 heterocycles. The summed E-state index contributed by atoms with van der Waals surface area (Å²) in [4.78, 5) is 47.4. The lowest BCUT2D eigenvalue weighted by molar-refractivity contribution is -0.131. The molecular weight excluding hydrogens is 334 g/mol. The highest BCUT2D eigenvalue weighted by molar-refractivity contribution is 6.05. The number of carbonyl (C=O) groups is 3. The van der Waals surface area contributed by atoms with Gasteiger partial charge in [-0.25, -0.2) is 14.8 Å². The van der Waals surface area contributed by atoms with Crippen molar-refractivity contribution in [1.29, 1.82) is 0 Å². The van der Waals surface area contributed by atoms with Crippen LogP contribution in [0, 0.1) is 6.92 Å². The molecule has 0 bridgehead atoms. The number of aryl methyl sites for hydroxylation is 2. The molecule has 0 unspecified atom stereocenters. The normalized spacial score (nSPS) is 19.7. The average Bonchev–Trinajstić information content (AvgIpc) is 2.80. The fraction of sp³-hybridized carbons (Fsp3) is 0.611. The topological polar surface area (TPSA) is 95.5 Å². The van der Waals surface area contributed by atoms with E-state index in [2.05, 4.69) is 15.3 Å². The van der Waals surface area contributed by atoms with E-state index >= 15 is 0 Å². The number of nitrogens with one attached hydrogen (secondary N) is 1. The maximum absolute atomic E-state index is 12.1. The van der Waals surface area contributed by atoms with Crippen LogP contribution in [0.3, 0.4) is 0 Å². The molecule has 0 radical (unpaired) electrons. The van der Waals surface area contributed by atoms with Gasteiger partial charge in [0.15, 0.2) is 0 Å². The van der Waals surface area contributed by atoms with E-state index in [0.717, 1.165) is 41.4 Å². The van der Waals surface area contributed by atoms with Crippen molar-refractivity contribution in [1.82, 2.24) is 25.1 Å². The van der Waals surface area contributed by atoms with Gasteiger partial charge in [0.2, 0.25) is 5.91 Å². The largest absolute Gasteiger partial charge is 0.356 e. The second kappa shape index (κ2) is 7.39. The van der Waals surface area contributed by atoms with Crippen LogP contribution >= 0.6 is 0 Å². The van der Waals surface area contributed by atoms with Gasteiger partial charge in [0.05, 0.1) is 6.42 Å². The molecule has 1 aromatic heterocycles. The molecule has 1 saturated heterocycles. The SMILES string of the molecule is Cc1nc(CCNC(=O)C[C@@H]2C(=O)N(C)C(=O)N2C)nc2c1CCCC2. The molecular formula is C18H25N5O3. The Morgan fingerprint density at radius 3 is 2.62 bits per heavy atom. The molecule has 2 aliphatic rings. The molecule has 1 N–H and O–H groups in total. The van der Waals surface area contributed by atoms with E-state index in [0.29, 0.717) is 13.0 Å². The van der Waals surface area contributed by atoms with Crippen LogP contribution in [0.5, 0.6) is 0 Å². The van der Waals surface area contributed by atoms with Gasteiger partial charge >= 0.3 is 6.03 Å². The van der Waals surface area contributed by atoms with Gasteiger partial charge in [0.25, 0.3) is 5.91 Å². The summed E-state index contributed by atoms with van der Waals surface area (Å²) in [7, 11) is 2.96. The molecule has 0 spiro atoms. The smallest absolute Gasteiger partial charge is 0.326 e. The van der Waals surface area contributed by atoms with Crippen LogP contribution in [0.15, 0.2) is 0 Å². The number of likely N-dealkylation sites (N-methyl/N-ethyl adjacent to an activating group) is 2. The van der Waals surface area contributed by atoms with Crippen molar-refractivity contribution in [2.45, 2.75) is 51.5 Å². The van der Waals surface area contributed by atoms with Crippen LogP contribution in [0.2, 0.25) is 0 Å². The Bertz CT molecular complexity index is 749. The van der Waals surface area contributed by atoms with E-state index in [1.54, 1.807) is 0 Å². The molecule has 8 heteroatoms. The summed E-state index contributed by atoms with van der Waals surface area (Å²) in [5.41, 5.74) is 3.46. The molecule has 1 atom stereocenters.